The van der Waals surface area contributed by atoms with Gasteiger partial charge >= 0.3 is 6.18 Å². The maximum Gasteiger partial charge on any atom is 0.416 e. The van der Waals surface area contributed by atoms with Crippen LogP contribution in [-0.2, 0) is 6.18 Å². The number of aliphatic hydroxyl groups is 1. The molecule has 1 aromatic heterocycles. The molecule has 0 unspecified atom stereocenters. The van der Waals surface area contributed by atoms with Gasteiger partial charge in [0.05, 0.1) is 22.5 Å². The molecule has 1 aliphatic heterocycles. The van der Waals surface area contributed by atoms with E-state index >= 15 is 0 Å². The topological polar surface area (TPSA) is 76.6 Å². The minimum absolute atomic E-state index is 0.106. The van der Waals surface area contributed by atoms with E-state index in [1.54, 1.807) is 0 Å². The van der Waals surface area contributed by atoms with E-state index in [-0.39, 0.29) is 22.6 Å². The lowest BCUT2D eigenvalue weighted by Crippen LogP contribution is -2.63. The van der Waals surface area contributed by atoms with Crippen molar-refractivity contribution >= 4 is 23.0 Å². The maximum atomic E-state index is 13.7. The normalized spacial score (nSPS) is 18.7. The fourth-order valence-corrected chi connectivity index (χ4v) is 3.85. The van der Waals surface area contributed by atoms with Crippen molar-refractivity contribution in [2.24, 2.45) is 0 Å². The third kappa shape index (κ3) is 3.42. The van der Waals surface area contributed by atoms with E-state index in [9.17, 15) is 32.3 Å². The number of hydrogen-bond donors (Lipinski definition) is 2. The molecule has 32 heavy (non-hydrogen) atoms. The highest BCUT2D eigenvalue weighted by molar-refractivity contribution is 6.13. The molecule has 2 heterocycles. The molecule has 0 spiro atoms. The molecule has 2 N–H and O–H groups in total. The summed E-state index contributed by atoms with van der Waals surface area (Å²) < 4.78 is 54.0. The van der Waals surface area contributed by atoms with Crippen LogP contribution in [-0.4, -0.2) is 21.8 Å². The van der Waals surface area contributed by atoms with Gasteiger partial charge in [-0.3, -0.25) is 19.4 Å². The Morgan fingerprint density at radius 2 is 1.69 bits per heavy atom. The van der Waals surface area contributed by atoms with Crippen molar-refractivity contribution in [3.05, 3.63) is 87.6 Å². The van der Waals surface area contributed by atoms with Crippen molar-refractivity contribution < 1.29 is 27.5 Å². The summed E-state index contributed by atoms with van der Waals surface area (Å²) in [6, 6.07) is 8.60. The van der Waals surface area contributed by atoms with Crippen LogP contribution < -0.4 is 15.4 Å². The number of aromatic amines is 1. The standard InChI is InChI=1S/C22H17F4N3O3/c1-12-9-14(23)4-7-17(12)29-18-10-13(22(24,25)26)3-6-16(18)20(31)28(21(29,2)32)15-5-8-19(30)27-11-15/h3-11,32H,1-2H3,(H,27,30)/t21-/m0/s1. The van der Waals surface area contributed by atoms with E-state index in [2.05, 4.69) is 4.98 Å². The molecular weight excluding hydrogens is 430 g/mol. The number of nitrogens with one attached hydrogen (secondary N) is 1. The van der Waals surface area contributed by atoms with Gasteiger partial charge in [0.1, 0.15) is 5.82 Å². The number of pyridine rings is 1. The Labute approximate surface area is 179 Å². The molecule has 3 aromatic rings. The number of carbonyl (C=O) groups is 1. The fraction of sp³-hybridized carbons (Fsp3) is 0.182. The quantitative estimate of drug-likeness (QED) is 0.575. The molecule has 2 aromatic carbocycles. The lowest BCUT2D eigenvalue weighted by molar-refractivity contribution is -0.137. The van der Waals surface area contributed by atoms with Crippen LogP contribution in [0.3, 0.4) is 0 Å². The molecule has 166 valence electrons. The number of anilines is 3. The summed E-state index contributed by atoms with van der Waals surface area (Å²) in [5, 5.41) is 11.5. The average molecular weight is 447 g/mol. The second-order valence-corrected chi connectivity index (χ2v) is 7.52. The zero-order valence-corrected chi connectivity index (χ0v) is 16.9. The highest BCUT2D eigenvalue weighted by Crippen LogP contribution is 2.46. The number of nitrogens with zero attached hydrogens (tertiary/aromatic N) is 2. The summed E-state index contributed by atoms with van der Waals surface area (Å²) in [5.41, 5.74) is -1.13. The zero-order chi connectivity index (χ0) is 23.4. The summed E-state index contributed by atoms with van der Waals surface area (Å²) in [7, 11) is 0. The Bertz CT molecular complexity index is 1260. The maximum absolute atomic E-state index is 13.7. The number of rotatable bonds is 2. The van der Waals surface area contributed by atoms with Gasteiger partial charge in [0.2, 0.25) is 11.4 Å². The van der Waals surface area contributed by atoms with Crippen molar-refractivity contribution in [2.75, 3.05) is 9.80 Å². The number of amides is 1. The summed E-state index contributed by atoms with van der Waals surface area (Å²) in [6.07, 6.45) is -3.48. The van der Waals surface area contributed by atoms with Gasteiger partial charge in [0, 0.05) is 24.9 Å². The van der Waals surface area contributed by atoms with Crippen LogP contribution in [0.2, 0.25) is 0 Å². The molecule has 0 saturated heterocycles. The van der Waals surface area contributed by atoms with Crippen LogP contribution in [0, 0.1) is 12.7 Å². The van der Waals surface area contributed by atoms with Crippen molar-refractivity contribution in [3.8, 4) is 0 Å². The minimum Gasteiger partial charge on any atom is -0.353 e. The van der Waals surface area contributed by atoms with Crippen LogP contribution in [0.15, 0.2) is 59.5 Å². The number of aryl methyl sites for hydroxylation is 1. The molecule has 6 nitrogen and oxygen atoms in total. The number of fused-ring (bicyclic) bond motifs is 1. The Morgan fingerprint density at radius 1 is 0.969 bits per heavy atom. The van der Waals surface area contributed by atoms with Crippen LogP contribution in [0.4, 0.5) is 34.6 Å². The van der Waals surface area contributed by atoms with Gasteiger partial charge in [-0.25, -0.2) is 4.39 Å². The number of benzene rings is 2. The first-order valence-corrected chi connectivity index (χ1v) is 9.44. The van der Waals surface area contributed by atoms with E-state index in [0.717, 1.165) is 40.1 Å². The Morgan fingerprint density at radius 3 is 2.28 bits per heavy atom. The number of carbonyl (C=O) groups excluding carboxylic acids is 1. The first kappa shape index (κ1) is 21.6. The Kier molecular flexibility index (Phi) is 4.85. The Balaban J connectivity index is 2.02. The van der Waals surface area contributed by atoms with E-state index in [4.69, 9.17) is 0 Å². The predicted molar refractivity (Wildman–Crippen MR) is 109 cm³/mol. The fourth-order valence-electron chi connectivity index (χ4n) is 3.85. The van der Waals surface area contributed by atoms with Gasteiger partial charge in [0.15, 0.2) is 0 Å². The molecular formula is C22H17F4N3O3. The first-order valence-electron chi connectivity index (χ1n) is 9.44. The minimum atomic E-state index is -4.69. The van der Waals surface area contributed by atoms with Crippen LogP contribution in [0.25, 0.3) is 0 Å². The van der Waals surface area contributed by atoms with Gasteiger partial charge < -0.3 is 10.1 Å². The van der Waals surface area contributed by atoms with E-state index < -0.39 is 34.9 Å². The third-order valence-corrected chi connectivity index (χ3v) is 5.27. The average Bonchev–Trinajstić information content (AvgIpc) is 2.69. The van der Waals surface area contributed by atoms with Crippen LogP contribution >= 0.6 is 0 Å². The smallest absolute Gasteiger partial charge is 0.353 e. The van der Waals surface area contributed by atoms with Gasteiger partial charge in [-0.15, -0.1) is 0 Å². The SMILES string of the molecule is Cc1cc(F)ccc1N1c2cc(C(F)(F)F)ccc2C(=O)N(c2ccc(=O)[nH]c2)[C@]1(C)O. The molecule has 0 saturated carbocycles. The number of H-pyrrole nitrogens is 1. The van der Waals surface area contributed by atoms with Gasteiger partial charge in [-0.1, -0.05) is 0 Å². The number of hydrogen-bond acceptors (Lipinski definition) is 4. The van der Waals surface area contributed by atoms with Crippen LogP contribution in [0.5, 0.6) is 0 Å². The van der Waals surface area contributed by atoms with E-state index in [1.807, 2.05) is 0 Å². The summed E-state index contributed by atoms with van der Waals surface area (Å²) in [6.45, 7) is 2.75. The summed E-state index contributed by atoms with van der Waals surface area (Å²) in [4.78, 5) is 29.3. The Hall–Kier alpha value is -3.66. The molecule has 0 aliphatic carbocycles. The number of alkyl halides is 3. The van der Waals surface area contributed by atoms with Gasteiger partial charge in [-0.2, -0.15) is 13.2 Å². The summed E-state index contributed by atoms with van der Waals surface area (Å²) >= 11 is 0. The van der Waals surface area contributed by atoms with Gasteiger partial charge in [0.25, 0.3) is 5.91 Å². The lowest BCUT2D eigenvalue weighted by atomic mass is 9.98. The van der Waals surface area contributed by atoms with Crippen molar-refractivity contribution in [1.82, 2.24) is 4.98 Å². The number of halogens is 4. The van der Waals surface area contributed by atoms with Crippen LogP contribution in [0.1, 0.15) is 28.4 Å². The third-order valence-electron chi connectivity index (χ3n) is 5.27. The van der Waals surface area contributed by atoms with Gasteiger partial charge in [-0.05, 0) is 55.0 Å². The van der Waals surface area contributed by atoms with E-state index in [1.165, 1.54) is 38.2 Å². The monoisotopic (exact) mass is 447 g/mol. The van der Waals surface area contributed by atoms with Crippen molar-refractivity contribution in [2.45, 2.75) is 25.9 Å². The molecule has 0 bridgehead atoms. The largest absolute Gasteiger partial charge is 0.416 e. The number of aromatic nitrogens is 1. The van der Waals surface area contributed by atoms with E-state index in [0.29, 0.717) is 5.56 Å². The predicted octanol–water partition coefficient (Wildman–Crippen LogP) is 4.31. The van der Waals surface area contributed by atoms with Crippen molar-refractivity contribution in [1.29, 1.82) is 0 Å². The second-order valence-electron chi connectivity index (χ2n) is 7.52. The molecule has 0 fully saturated rings. The molecule has 10 heteroatoms. The summed E-state index contributed by atoms with van der Waals surface area (Å²) in [5.74, 6) is -3.56. The highest BCUT2D eigenvalue weighted by atomic mass is 19.4. The molecule has 0 radical (unpaired) electrons. The molecule has 4 rings (SSSR count). The highest BCUT2D eigenvalue weighted by Gasteiger charge is 2.48. The molecule has 1 amide bonds. The second kappa shape index (κ2) is 7.20. The zero-order valence-electron chi connectivity index (χ0n) is 16.9. The molecule has 1 aliphatic rings. The lowest BCUT2D eigenvalue weighted by Gasteiger charge is -2.50. The first-order chi connectivity index (χ1) is 14.9. The molecule has 1 atom stereocenters. The van der Waals surface area contributed by atoms with Crippen molar-refractivity contribution in [3.63, 3.8) is 0 Å².